The Morgan fingerprint density at radius 2 is 0.575 bits per heavy atom. The van der Waals surface area contributed by atoms with Gasteiger partial charge in [0.2, 0.25) is 0 Å². The number of pyridine rings is 2. The second kappa shape index (κ2) is 19.8. The van der Waals surface area contributed by atoms with E-state index in [0.29, 0.717) is 11.6 Å². The highest BCUT2D eigenvalue weighted by atomic mass is 14.9. The third-order valence-corrected chi connectivity index (χ3v) is 15.9. The van der Waals surface area contributed by atoms with Gasteiger partial charge in [-0.05, 0) is 114 Å². The first-order valence-corrected chi connectivity index (χ1v) is 27.1. The summed E-state index contributed by atoms with van der Waals surface area (Å²) in [5, 5.41) is 0. The van der Waals surface area contributed by atoms with E-state index in [4.69, 9.17) is 19.9 Å². The summed E-state index contributed by atoms with van der Waals surface area (Å²) in [6, 6.07) is 90.8. The van der Waals surface area contributed by atoms with Gasteiger partial charge in [-0.2, -0.15) is 0 Å². The van der Waals surface area contributed by atoms with Crippen molar-refractivity contribution in [3.8, 4) is 112 Å². The predicted molar refractivity (Wildman–Crippen MR) is 322 cm³/mol. The van der Waals surface area contributed by atoms with Crippen molar-refractivity contribution in [2.24, 2.45) is 0 Å². The van der Waals surface area contributed by atoms with Gasteiger partial charge in [0, 0.05) is 70.0 Å². The molecule has 6 heteroatoms. The van der Waals surface area contributed by atoms with Crippen molar-refractivity contribution in [2.75, 3.05) is 0 Å². The molecule has 3 aliphatic carbocycles. The molecule has 2 unspecified atom stereocenters. The quantitative estimate of drug-likeness (QED) is 0.136. The third kappa shape index (κ3) is 8.38. The van der Waals surface area contributed by atoms with Crippen LogP contribution in [0.15, 0.2) is 280 Å². The van der Waals surface area contributed by atoms with Crippen LogP contribution < -0.4 is 0 Å². The molecule has 4 aromatic heterocycles. The molecule has 80 heavy (non-hydrogen) atoms. The lowest BCUT2D eigenvalue weighted by Crippen LogP contribution is -2.27. The first-order valence-electron chi connectivity index (χ1n) is 27.1. The lowest BCUT2D eigenvalue weighted by Gasteiger charge is -2.42. The molecule has 3 aliphatic rings. The topological polar surface area (TPSA) is 77.3 Å². The van der Waals surface area contributed by atoms with Gasteiger partial charge in [-0.25, -0.2) is 19.9 Å². The highest BCUT2D eigenvalue weighted by molar-refractivity contribution is 5.88. The molecule has 0 amide bonds. The molecule has 0 spiro atoms. The van der Waals surface area contributed by atoms with Gasteiger partial charge < -0.3 is 0 Å². The Morgan fingerprint density at radius 3 is 1.09 bits per heavy atom. The Labute approximate surface area is 464 Å². The lowest BCUT2D eigenvalue weighted by atomic mass is 9.60. The fourth-order valence-electron chi connectivity index (χ4n) is 12.1. The number of hydrogen-bond acceptors (Lipinski definition) is 6. The molecule has 0 radical (unpaired) electrons. The van der Waals surface area contributed by atoms with Crippen LogP contribution in [-0.2, 0) is 0 Å². The fraction of sp³-hybridized carbons (Fsp3) is 0.0270. The molecule has 2 bridgehead atoms. The molecular weight excluding hydrogens is 973 g/mol. The van der Waals surface area contributed by atoms with Crippen LogP contribution in [0.25, 0.3) is 112 Å². The molecular formula is C74H48N6. The lowest BCUT2D eigenvalue weighted by molar-refractivity contribution is 0.755. The minimum absolute atomic E-state index is 0.0545. The normalized spacial score (nSPS) is 13.8. The number of benzene rings is 9. The summed E-state index contributed by atoms with van der Waals surface area (Å²) in [7, 11) is 0. The molecule has 0 fully saturated rings. The number of rotatable bonds is 10. The van der Waals surface area contributed by atoms with E-state index in [-0.39, 0.29) is 11.8 Å². The largest absolute Gasteiger partial charge is 0.264 e. The smallest absolute Gasteiger partial charge is 0.161 e. The average molecular weight is 1020 g/mol. The molecule has 0 saturated carbocycles. The van der Waals surface area contributed by atoms with Crippen LogP contribution in [0, 0.1) is 0 Å². The molecule has 0 saturated heterocycles. The minimum Gasteiger partial charge on any atom is -0.264 e. The summed E-state index contributed by atoms with van der Waals surface area (Å²) in [5.41, 5.74) is 26.5. The van der Waals surface area contributed by atoms with Crippen LogP contribution in [0.2, 0.25) is 0 Å². The molecule has 2 atom stereocenters. The maximum absolute atomic E-state index is 5.35. The summed E-state index contributed by atoms with van der Waals surface area (Å²) < 4.78 is 0. The Balaban J connectivity index is 0.809. The van der Waals surface area contributed by atoms with E-state index >= 15 is 0 Å². The zero-order valence-electron chi connectivity index (χ0n) is 43.4. The summed E-state index contributed by atoms with van der Waals surface area (Å²) in [5.74, 6) is 1.48. The van der Waals surface area contributed by atoms with Crippen molar-refractivity contribution >= 4 is 0 Å². The van der Waals surface area contributed by atoms with Crippen LogP contribution in [0.4, 0.5) is 0 Å². The van der Waals surface area contributed by atoms with Crippen molar-refractivity contribution in [3.63, 3.8) is 0 Å². The standard InChI is InChI=1S/C74H48N6/c1-3-15-49(16-4-1)67-43-68(50-31-27-47(28-32-50)55-19-13-39-75-45-55)79-74(78-67)64-26-12-8-22-58(64)54-36-38-63-66(42-54)72-61-25-11-10-24-60(61)71(63)65-41-53(35-37-62(65)72)57-21-7-9-23-59(57)70-44-69(77-73(80-70)52-17-5-2-6-18-52)51-33-29-48(30-34-51)56-20-14-40-76-46-56/h1-46,71-72H. The van der Waals surface area contributed by atoms with Crippen LogP contribution in [0.1, 0.15) is 45.2 Å². The molecule has 4 heterocycles. The van der Waals surface area contributed by atoms with Gasteiger partial charge in [0.05, 0.1) is 22.8 Å². The van der Waals surface area contributed by atoms with E-state index in [1.165, 1.54) is 33.4 Å². The van der Waals surface area contributed by atoms with Crippen LogP contribution >= 0.6 is 0 Å². The van der Waals surface area contributed by atoms with E-state index in [2.05, 4.69) is 228 Å². The number of aromatic nitrogens is 6. The predicted octanol–water partition coefficient (Wildman–Crippen LogP) is 17.7. The molecule has 0 aliphatic heterocycles. The van der Waals surface area contributed by atoms with Crippen LogP contribution in [0.5, 0.6) is 0 Å². The van der Waals surface area contributed by atoms with E-state index in [0.717, 1.165) is 101 Å². The molecule has 6 nitrogen and oxygen atoms in total. The Bertz CT molecular complexity index is 4160. The number of nitrogens with zero attached hydrogens (tertiary/aromatic N) is 6. The second-order valence-electron chi connectivity index (χ2n) is 20.6. The maximum Gasteiger partial charge on any atom is 0.161 e. The summed E-state index contributed by atoms with van der Waals surface area (Å²) in [6.45, 7) is 0. The van der Waals surface area contributed by atoms with Gasteiger partial charge in [0.1, 0.15) is 0 Å². The summed E-state index contributed by atoms with van der Waals surface area (Å²) in [4.78, 5) is 29.9. The Morgan fingerprint density at radius 1 is 0.212 bits per heavy atom. The molecule has 9 aromatic carbocycles. The van der Waals surface area contributed by atoms with Gasteiger partial charge in [-0.3, -0.25) is 9.97 Å². The Kier molecular flexibility index (Phi) is 11.6. The average Bonchev–Trinajstić information content (AvgIpc) is 3.61. The van der Waals surface area contributed by atoms with E-state index < -0.39 is 0 Å². The van der Waals surface area contributed by atoms with Crippen molar-refractivity contribution in [3.05, 3.63) is 313 Å². The monoisotopic (exact) mass is 1020 g/mol. The van der Waals surface area contributed by atoms with E-state index in [9.17, 15) is 0 Å². The van der Waals surface area contributed by atoms with Gasteiger partial charge in [0.15, 0.2) is 11.6 Å². The van der Waals surface area contributed by atoms with Crippen molar-refractivity contribution in [1.29, 1.82) is 0 Å². The summed E-state index contributed by atoms with van der Waals surface area (Å²) >= 11 is 0. The van der Waals surface area contributed by atoms with Crippen molar-refractivity contribution < 1.29 is 0 Å². The van der Waals surface area contributed by atoms with E-state index in [1.54, 1.807) is 12.4 Å². The SMILES string of the molecule is c1ccc(-c2cc(-c3ccc(-c4cccnc4)cc3)nc(-c3ccccc3-c3ccc4c(c3)C3c5ccccc5C4c4cc(-c5ccccc5-c5cc(-c6ccc(-c7cccnc7)cc6)nc(-c6ccccc6)n5)ccc43)n2)cc1. The van der Waals surface area contributed by atoms with Crippen LogP contribution in [0.3, 0.4) is 0 Å². The zero-order valence-corrected chi connectivity index (χ0v) is 43.4. The van der Waals surface area contributed by atoms with E-state index in [1.807, 2.05) is 48.8 Å². The first kappa shape index (κ1) is 46.7. The van der Waals surface area contributed by atoms with Gasteiger partial charge >= 0.3 is 0 Å². The minimum atomic E-state index is 0.0545. The number of hydrogen-bond donors (Lipinski definition) is 0. The maximum atomic E-state index is 5.35. The third-order valence-electron chi connectivity index (χ3n) is 15.9. The first-order chi connectivity index (χ1) is 39.6. The zero-order chi connectivity index (χ0) is 52.9. The second-order valence-corrected chi connectivity index (χ2v) is 20.6. The van der Waals surface area contributed by atoms with Crippen molar-refractivity contribution in [1.82, 2.24) is 29.9 Å². The van der Waals surface area contributed by atoms with Gasteiger partial charge in [-0.15, -0.1) is 0 Å². The highest BCUT2D eigenvalue weighted by Gasteiger charge is 2.41. The van der Waals surface area contributed by atoms with Gasteiger partial charge in [0.25, 0.3) is 0 Å². The van der Waals surface area contributed by atoms with Crippen molar-refractivity contribution in [2.45, 2.75) is 11.8 Å². The van der Waals surface area contributed by atoms with Crippen LogP contribution in [-0.4, -0.2) is 29.9 Å². The molecule has 374 valence electrons. The Hall–Kier alpha value is -10.6. The molecule has 13 aromatic rings. The van der Waals surface area contributed by atoms with Gasteiger partial charge in [-0.1, -0.05) is 218 Å². The fourth-order valence-corrected chi connectivity index (χ4v) is 12.1. The highest BCUT2D eigenvalue weighted by Crippen LogP contribution is 2.57. The molecule has 16 rings (SSSR count). The molecule has 0 N–H and O–H groups in total. The summed E-state index contributed by atoms with van der Waals surface area (Å²) in [6.07, 6.45) is 7.40.